The summed E-state index contributed by atoms with van der Waals surface area (Å²) in [5.74, 6) is 0. The largest absolute Gasteiger partial charge is 0.257 e. The van der Waals surface area contributed by atoms with Crippen molar-refractivity contribution >= 4 is 10.8 Å². The van der Waals surface area contributed by atoms with E-state index in [1.807, 2.05) is 12.4 Å². The number of aromatic nitrogens is 3. The fourth-order valence-electron chi connectivity index (χ4n) is 4.40. The second kappa shape index (κ2) is 7.88. The molecule has 0 saturated carbocycles. The van der Waals surface area contributed by atoms with Crippen molar-refractivity contribution in [2.24, 2.45) is 12.5 Å². The lowest BCUT2D eigenvalue weighted by Gasteiger charge is -2.17. The van der Waals surface area contributed by atoms with Gasteiger partial charge in [0.05, 0.1) is 34.1 Å². The maximum absolute atomic E-state index is 4.80. The van der Waals surface area contributed by atoms with Crippen LogP contribution in [-0.4, -0.2) is 9.97 Å². The SMILES string of the molecule is Cc1cc(C)c(C)c(-c2c3ccccc3c(-c3cnc(CC(C)(C)C)cn3)c[n+]2C)c1. The van der Waals surface area contributed by atoms with Crippen LogP contribution in [0.5, 0.6) is 0 Å². The average Bonchev–Trinajstić information content (AvgIpc) is 2.70. The van der Waals surface area contributed by atoms with Gasteiger partial charge in [0, 0.05) is 11.6 Å². The highest BCUT2D eigenvalue weighted by Crippen LogP contribution is 2.34. The highest BCUT2D eigenvalue weighted by molar-refractivity contribution is 6.01. The van der Waals surface area contributed by atoms with Crippen LogP contribution < -0.4 is 4.57 Å². The number of nitrogens with zero attached hydrogens (tertiary/aromatic N) is 3. The molecule has 0 saturated heterocycles. The molecule has 0 aliphatic heterocycles. The van der Waals surface area contributed by atoms with Gasteiger partial charge in [-0.3, -0.25) is 9.97 Å². The van der Waals surface area contributed by atoms with Gasteiger partial charge in [-0.1, -0.05) is 50.6 Å². The van der Waals surface area contributed by atoms with Gasteiger partial charge in [-0.25, -0.2) is 0 Å². The van der Waals surface area contributed by atoms with E-state index in [1.54, 1.807) is 0 Å². The third kappa shape index (κ3) is 4.23. The summed E-state index contributed by atoms with van der Waals surface area (Å²) in [6.07, 6.45) is 6.96. The summed E-state index contributed by atoms with van der Waals surface area (Å²) in [5.41, 5.74) is 9.70. The van der Waals surface area contributed by atoms with Crippen molar-refractivity contribution < 1.29 is 4.57 Å². The molecule has 31 heavy (non-hydrogen) atoms. The van der Waals surface area contributed by atoms with E-state index >= 15 is 0 Å². The number of aryl methyl sites for hydroxylation is 3. The molecule has 3 heteroatoms. The van der Waals surface area contributed by atoms with Gasteiger partial charge >= 0.3 is 0 Å². The minimum Gasteiger partial charge on any atom is -0.257 e. The maximum Gasteiger partial charge on any atom is 0.220 e. The smallest absolute Gasteiger partial charge is 0.220 e. The number of hydrogen-bond donors (Lipinski definition) is 0. The van der Waals surface area contributed by atoms with Gasteiger partial charge in [0.25, 0.3) is 0 Å². The van der Waals surface area contributed by atoms with Crippen molar-refractivity contribution in [2.75, 3.05) is 0 Å². The molecule has 3 nitrogen and oxygen atoms in total. The van der Waals surface area contributed by atoms with Crippen molar-refractivity contribution in [1.29, 1.82) is 0 Å². The predicted molar refractivity (Wildman–Crippen MR) is 129 cm³/mol. The van der Waals surface area contributed by atoms with Crippen LogP contribution in [0.15, 0.2) is 55.0 Å². The molecule has 0 bridgehead atoms. The predicted octanol–water partition coefficient (Wildman–Crippen LogP) is 6.30. The molecule has 2 aromatic carbocycles. The van der Waals surface area contributed by atoms with Crippen molar-refractivity contribution in [3.05, 3.63) is 77.4 Å². The third-order valence-electron chi connectivity index (χ3n) is 5.91. The van der Waals surface area contributed by atoms with Gasteiger partial charge < -0.3 is 0 Å². The average molecular weight is 411 g/mol. The normalized spacial score (nSPS) is 11.8. The standard InChI is InChI=1S/C28H32N3/c1-18-12-19(2)20(3)24(13-18)27-23-11-9-8-10-22(23)25(17-31(27)7)26-16-29-21(15-30-26)14-28(4,5)6/h8-13,15-17H,14H2,1-7H3/q+1. The molecule has 0 atom stereocenters. The van der Waals surface area contributed by atoms with Gasteiger partial charge in [0.2, 0.25) is 5.69 Å². The summed E-state index contributed by atoms with van der Waals surface area (Å²) >= 11 is 0. The molecule has 158 valence electrons. The zero-order valence-electron chi connectivity index (χ0n) is 19.7. The Balaban J connectivity index is 1.91. The Kier molecular flexibility index (Phi) is 5.38. The lowest BCUT2D eigenvalue weighted by atomic mass is 9.91. The molecular weight excluding hydrogens is 378 g/mol. The van der Waals surface area contributed by atoms with Crippen molar-refractivity contribution in [3.8, 4) is 22.5 Å². The molecule has 0 spiro atoms. The van der Waals surface area contributed by atoms with Gasteiger partial charge in [-0.15, -0.1) is 0 Å². The van der Waals surface area contributed by atoms with Crippen LogP contribution in [0.25, 0.3) is 33.3 Å². The zero-order chi connectivity index (χ0) is 22.3. The molecule has 0 radical (unpaired) electrons. The molecule has 4 rings (SSSR count). The van der Waals surface area contributed by atoms with Gasteiger partial charge in [0.1, 0.15) is 7.05 Å². The lowest BCUT2D eigenvalue weighted by Crippen LogP contribution is -2.31. The number of benzene rings is 2. The van der Waals surface area contributed by atoms with Crippen LogP contribution in [0.2, 0.25) is 0 Å². The molecule has 2 aromatic heterocycles. The number of fused-ring (bicyclic) bond motifs is 1. The highest BCUT2D eigenvalue weighted by atomic mass is 14.9. The summed E-state index contributed by atoms with van der Waals surface area (Å²) in [6.45, 7) is 13.3. The minimum atomic E-state index is 0.195. The van der Waals surface area contributed by atoms with Crippen LogP contribution in [-0.2, 0) is 13.5 Å². The highest BCUT2D eigenvalue weighted by Gasteiger charge is 2.22. The molecule has 4 aromatic rings. The van der Waals surface area contributed by atoms with E-state index in [-0.39, 0.29) is 5.41 Å². The van der Waals surface area contributed by atoms with E-state index < -0.39 is 0 Å². The fourth-order valence-corrected chi connectivity index (χ4v) is 4.40. The number of pyridine rings is 1. The monoisotopic (exact) mass is 410 g/mol. The molecule has 0 N–H and O–H groups in total. The second-order valence-electron chi connectivity index (χ2n) is 9.93. The van der Waals surface area contributed by atoms with Crippen molar-refractivity contribution in [3.63, 3.8) is 0 Å². The van der Waals surface area contributed by atoms with Crippen molar-refractivity contribution in [2.45, 2.75) is 48.0 Å². The van der Waals surface area contributed by atoms with E-state index in [4.69, 9.17) is 9.97 Å². The van der Waals surface area contributed by atoms with Crippen molar-refractivity contribution in [1.82, 2.24) is 9.97 Å². The Morgan fingerprint density at radius 3 is 2.23 bits per heavy atom. The van der Waals surface area contributed by atoms with Crippen LogP contribution >= 0.6 is 0 Å². The first-order valence-corrected chi connectivity index (χ1v) is 10.9. The molecule has 0 amide bonds. The Morgan fingerprint density at radius 2 is 1.58 bits per heavy atom. The van der Waals surface area contributed by atoms with E-state index in [0.29, 0.717) is 0 Å². The number of rotatable bonds is 3. The summed E-state index contributed by atoms with van der Waals surface area (Å²) in [5, 5.41) is 2.43. The van der Waals surface area contributed by atoms with E-state index in [2.05, 4.69) is 95.8 Å². The van der Waals surface area contributed by atoms with Gasteiger partial charge in [-0.05, 0) is 55.9 Å². The first kappa shape index (κ1) is 21.2. The van der Waals surface area contributed by atoms with Gasteiger partial charge in [0.15, 0.2) is 6.20 Å². The quantitative estimate of drug-likeness (QED) is 0.371. The summed E-state index contributed by atoms with van der Waals surface area (Å²) < 4.78 is 2.24. The molecule has 0 aliphatic rings. The third-order valence-corrected chi connectivity index (χ3v) is 5.91. The second-order valence-corrected chi connectivity index (χ2v) is 9.93. The van der Waals surface area contributed by atoms with Crippen LogP contribution in [0.3, 0.4) is 0 Å². The Bertz CT molecular complexity index is 1260. The zero-order valence-corrected chi connectivity index (χ0v) is 19.7. The first-order chi connectivity index (χ1) is 14.6. The van der Waals surface area contributed by atoms with E-state index in [9.17, 15) is 0 Å². The molecule has 0 aliphatic carbocycles. The van der Waals surface area contributed by atoms with E-state index in [0.717, 1.165) is 23.4 Å². The minimum absolute atomic E-state index is 0.195. The summed E-state index contributed by atoms with van der Waals surface area (Å²) in [4.78, 5) is 9.52. The first-order valence-electron chi connectivity index (χ1n) is 10.9. The molecule has 0 fully saturated rings. The maximum atomic E-state index is 4.80. The van der Waals surface area contributed by atoms with Crippen LogP contribution in [0, 0.1) is 26.2 Å². The lowest BCUT2D eigenvalue weighted by molar-refractivity contribution is -0.658. The topological polar surface area (TPSA) is 29.7 Å². The van der Waals surface area contributed by atoms with Crippen LogP contribution in [0.1, 0.15) is 43.2 Å². The summed E-state index contributed by atoms with van der Waals surface area (Å²) in [7, 11) is 2.13. The van der Waals surface area contributed by atoms with Gasteiger partial charge in [-0.2, -0.15) is 4.57 Å². The Labute approximate surface area is 185 Å². The Morgan fingerprint density at radius 1 is 0.871 bits per heavy atom. The molecule has 2 heterocycles. The molecular formula is C28H32N3+. The fraction of sp³-hybridized carbons (Fsp3) is 0.321. The van der Waals surface area contributed by atoms with E-state index in [1.165, 1.54) is 38.7 Å². The van der Waals surface area contributed by atoms with Crippen LogP contribution in [0.4, 0.5) is 0 Å². The Hall–Kier alpha value is -3.07. The summed E-state index contributed by atoms with van der Waals surface area (Å²) in [6, 6.07) is 13.2. The number of hydrogen-bond acceptors (Lipinski definition) is 2. The molecule has 0 unspecified atom stereocenters.